The van der Waals surface area contributed by atoms with Crippen molar-refractivity contribution < 1.29 is 0 Å². The van der Waals surface area contributed by atoms with Crippen molar-refractivity contribution in [1.82, 2.24) is 0 Å². The first-order valence-corrected chi connectivity index (χ1v) is 6.83. The molecule has 1 aromatic rings. The first kappa shape index (κ1) is 12.9. The number of rotatable bonds is 4. The van der Waals surface area contributed by atoms with Gasteiger partial charge in [-0.05, 0) is 25.0 Å². The summed E-state index contributed by atoms with van der Waals surface area (Å²) in [5, 5.41) is 0. The highest BCUT2D eigenvalue weighted by Gasteiger charge is 2.25. The highest BCUT2D eigenvalue weighted by atomic mass is 15.1. The zero-order chi connectivity index (χ0) is 14.1. The molecule has 4 heteroatoms. The van der Waals surface area contributed by atoms with Crippen molar-refractivity contribution >= 4 is 24.9 Å². The summed E-state index contributed by atoms with van der Waals surface area (Å²) in [4.78, 5) is 17.7. The molecule has 4 nitrogen and oxygen atoms in total. The summed E-state index contributed by atoms with van der Waals surface area (Å²) in [6, 6.07) is 8.55. The van der Waals surface area contributed by atoms with E-state index in [0.29, 0.717) is 0 Å². The molecule has 1 aromatic carbocycles. The second kappa shape index (κ2) is 4.78. The van der Waals surface area contributed by atoms with E-state index in [9.17, 15) is 0 Å². The highest BCUT2D eigenvalue weighted by Crippen LogP contribution is 2.24. The fourth-order valence-electron chi connectivity index (χ4n) is 2.65. The molecule has 2 aliphatic rings. The lowest BCUT2D eigenvalue weighted by Gasteiger charge is -2.20. The first-order chi connectivity index (χ1) is 9.57. The lowest BCUT2D eigenvalue weighted by molar-refractivity contribution is 0.500. The predicted octanol–water partition coefficient (Wildman–Crippen LogP) is 2.51. The van der Waals surface area contributed by atoms with Crippen molar-refractivity contribution in [2.24, 2.45) is 20.0 Å². The van der Waals surface area contributed by atoms with Crippen molar-refractivity contribution in [3.63, 3.8) is 0 Å². The van der Waals surface area contributed by atoms with E-state index in [0.717, 1.165) is 12.8 Å². The summed E-state index contributed by atoms with van der Waals surface area (Å²) in [6.45, 7) is 4.10. The van der Waals surface area contributed by atoms with Gasteiger partial charge in [-0.3, -0.25) is 20.0 Å². The van der Waals surface area contributed by atoms with Crippen molar-refractivity contribution in [3.8, 4) is 0 Å². The smallest absolute Gasteiger partial charge is 0.151 e. The van der Waals surface area contributed by atoms with Gasteiger partial charge in [-0.25, -0.2) is 0 Å². The Labute approximate surface area is 119 Å². The van der Waals surface area contributed by atoms with Gasteiger partial charge in [0.1, 0.15) is 0 Å². The molecule has 0 spiro atoms. The van der Waals surface area contributed by atoms with Crippen LogP contribution in [0, 0.1) is 0 Å². The lowest BCUT2D eigenvalue weighted by atomic mass is 9.97. The van der Waals surface area contributed by atoms with Crippen LogP contribution in [-0.2, 0) is 12.8 Å². The van der Waals surface area contributed by atoms with Crippen molar-refractivity contribution in [2.75, 3.05) is 0 Å². The Kier molecular flexibility index (Phi) is 3.08. The summed E-state index contributed by atoms with van der Waals surface area (Å²) in [6.07, 6.45) is 8.72. The van der Waals surface area contributed by atoms with Gasteiger partial charge in [0.05, 0.1) is 0 Å². The van der Waals surface area contributed by atoms with E-state index in [2.05, 4.69) is 44.2 Å². The monoisotopic (exact) mass is 266 g/mol. The Balaban J connectivity index is 1.76. The third kappa shape index (κ3) is 2.74. The minimum atomic E-state index is -0.341. The SMILES string of the molecule is CC1(Cc2cccc(CC3(C)N=CC=N3)c2)N=CC=N1. The third-order valence-corrected chi connectivity index (χ3v) is 3.61. The summed E-state index contributed by atoms with van der Waals surface area (Å²) in [5.41, 5.74) is 1.81. The Morgan fingerprint density at radius 3 is 1.55 bits per heavy atom. The number of benzene rings is 1. The average Bonchev–Trinajstić information content (AvgIpc) is 2.99. The molecule has 2 heterocycles. The van der Waals surface area contributed by atoms with Crippen LogP contribution in [0.1, 0.15) is 25.0 Å². The molecule has 0 unspecified atom stereocenters. The van der Waals surface area contributed by atoms with Gasteiger partial charge in [-0.1, -0.05) is 24.3 Å². The molecule has 0 N–H and O–H groups in total. The number of hydrogen-bond acceptors (Lipinski definition) is 4. The van der Waals surface area contributed by atoms with Crippen LogP contribution in [0.15, 0.2) is 44.2 Å². The molecule has 0 radical (unpaired) electrons. The predicted molar refractivity (Wildman–Crippen MR) is 84.6 cm³/mol. The van der Waals surface area contributed by atoms with Gasteiger partial charge in [0.2, 0.25) is 0 Å². The van der Waals surface area contributed by atoms with Crippen LogP contribution < -0.4 is 0 Å². The summed E-state index contributed by atoms with van der Waals surface area (Å²) in [7, 11) is 0. The molecular weight excluding hydrogens is 248 g/mol. The molecule has 0 saturated heterocycles. The third-order valence-electron chi connectivity index (χ3n) is 3.61. The van der Waals surface area contributed by atoms with Crippen LogP contribution >= 0.6 is 0 Å². The molecule has 0 amide bonds. The van der Waals surface area contributed by atoms with Crippen LogP contribution in [0.5, 0.6) is 0 Å². The maximum atomic E-state index is 4.42. The molecule has 0 saturated carbocycles. The Bertz CT molecular complexity index is 550. The largest absolute Gasteiger partial charge is 0.262 e. The molecule has 102 valence electrons. The zero-order valence-electron chi connectivity index (χ0n) is 11.8. The van der Waals surface area contributed by atoms with Crippen molar-refractivity contribution in [2.45, 2.75) is 38.0 Å². The summed E-state index contributed by atoms with van der Waals surface area (Å²) >= 11 is 0. The zero-order valence-corrected chi connectivity index (χ0v) is 11.8. The molecular formula is C16H18N4. The fraction of sp³-hybridized carbons (Fsp3) is 0.375. The maximum Gasteiger partial charge on any atom is 0.151 e. The van der Waals surface area contributed by atoms with Crippen LogP contribution in [0.3, 0.4) is 0 Å². The van der Waals surface area contributed by atoms with E-state index < -0.39 is 0 Å². The second-order valence-electron chi connectivity index (χ2n) is 5.72. The minimum absolute atomic E-state index is 0.341. The molecule has 0 atom stereocenters. The van der Waals surface area contributed by atoms with Gasteiger partial charge in [-0.15, -0.1) is 0 Å². The quantitative estimate of drug-likeness (QED) is 0.804. The van der Waals surface area contributed by atoms with Crippen LogP contribution in [0.25, 0.3) is 0 Å². The highest BCUT2D eigenvalue weighted by molar-refractivity contribution is 6.18. The second-order valence-corrected chi connectivity index (χ2v) is 5.72. The van der Waals surface area contributed by atoms with Crippen LogP contribution in [-0.4, -0.2) is 36.2 Å². The molecule has 0 bridgehead atoms. The van der Waals surface area contributed by atoms with E-state index in [1.165, 1.54) is 11.1 Å². The molecule has 0 fully saturated rings. The number of hydrogen-bond donors (Lipinski definition) is 0. The topological polar surface area (TPSA) is 49.4 Å². The van der Waals surface area contributed by atoms with Crippen LogP contribution in [0.2, 0.25) is 0 Å². The average molecular weight is 266 g/mol. The molecule has 3 rings (SSSR count). The van der Waals surface area contributed by atoms with Gasteiger partial charge in [-0.2, -0.15) is 0 Å². The molecule has 20 heavy (non-hydrogen) atoms. The van der Waals surface area contributed by atoms with E-state index in [4.69, 9.17) is 0 Å². The molecule has 0 aliphatic carbocycles. The van der Waals surface area contributed by atoms with E-state index in [1.54, 1.807) is 24.9 Å². The normalized spacial score (nSPS) is 20.9. The van der Waals surface area contributed by atoms with Gasteiger partial charge < -0.3 is 0 Å². The van der Waals surface area contributed by atoms with Crippen LogP contribution in [0.4, 0.5) is 0 Å². The summed E-state index contributed by atoms with van der Waals surface area (Å²) < 4.78 is 0. The fourth-order valence-corrected chi connectivity index (χ4v) is 2.65. The maximum absolute atomic E-state index is 4.42. The Morgan fingerprint density at radius 1 is 0.750 bits per heavy atom. The van der Waals surface area contributed by atoms with Gasteiger partial charge >= 0.3 is 0 Å². The molecule has 0 aromatic heterocycles. The van der Waals surface area contributed by atoms with Gasteiger partial charge in [0, 0.05) is 37.7 Å². The Hall–Kier alpha value is -2.10. The van der Waals surface area contributed by atoms with E-state index in [-0.39, 0.29) is 11.3 Å². The first-order valence-electron chi connectivity index (χ1n) is 6.83. The summed E-state index contributed by atoms with van der Waals surface area (Å²) in [5.74, 6) is 0. The lowest BCUT2D eigenvalue weighted by Crippen LogP contribution is -2.21. The van der Waals surface area contributed by atoms with Gasteiger partial charge in [0.15, 0.2) is 11.3 Å². The standard InChI is InChI=1S/C16H18N4/c1-15(17-6-7-18-15)11-13-4-3-5-14(10-13)12-16(2)19-8-9-20-16/h3-10H,11-12H2,1-2H3. The number of nitrogens with zero attached hydrogens (tertiary/aromatic N) is 4. The van der Waals surface area contributed by atoms with Crippen molar-refractivity contribution in [3.05, 3.63) is 35.4 Å². The Morgan fingerprint density at radius 2 is 1.15 bits per heavy atom. The van der Waals surface area contributed by atoms with Gasteiger partial charge in [0.25, 0.3) is 0 Å². The minimum Gasteiger partial charge on any atom is -0.262 e. The van der Waals surface area contributed by atoms with E-state index >= 15 is 0 Å². The van der Waals surface area contributed by atoms with E-state index in [1.807, 2.05) is 13.8 Å². The van der Waals surface area contributed by atoms with Crippen molar-refractivity contribution in [1.29, 1.82) is 0 Å². The number of aliphatic imine (C=N–C) groups is 4. The molecule has 2 aliphatic heterocycles.